The van der Waals surface area contributed by atoms with Crippen molar-refractivity contribution in [3.63, 3.8) is 0 Å². The van der Waals surface area contributed by atoms with Crippen LogP contribution in [-0.4, -0.2) is 86.8 Å². The van der Waals surface area contributed by atoms with Crippen LogP contribution in [0.1, 0.15) is 19.8 Å². The van der Waals surface area contributed by atoms with E-state index in [1.165, 1.54) is 15.6 Å². The van der Waals surface area contributed by atoms with E-state index >= 15 is 0 Å². The maximum Gasteiger partial charge on any atom is 0.252 e. The van der Waals surface area contributed by atoms with Gasteiger partial charge < -0.3 is 10.2 Å². The van der Waals surface area contributed by atoms with Gasteiger partial charge in [-0.05, 0) is 30.8 Å². The average Bonchev–Trinajstić information content (AvgIpc) is 3.18. The molecule has 1 aromatic rings. The van der Waals surface area contributed by atoms with Gasteiger partial charge in [0.25, 0.3) is 10.0 Å². The summed E-state index contributed by atoms with van der Waals surface area (Å²) in [5.74, 6) is 0.0505. The molecule has 1 amide bonds. The molecule has 1 N–H and O–H groups in total. The average molecular weight is 401 g/mol. The van der Waals surface area contributed by atoms with Crippen LogP contribution in [-0.2, 0) is 14.8 Å². The van der Waals surface area contributed by atoms with Crippen LogP contribution in [0.4, 0.5) is 0 Å². The van der Waals surface area contributed by atoms with E-state index in [1.807, 2.05) is 4.90 Å². The second-order valence-corrected chi connectivity index (χ2v) is 10.0. The molecule has 0 radical (unpaired) electrons. The number of sulfonamides is 1. The van der Waals surface area contributed by atoms with E-state index in [0.717, 1.165) is 32.5 Å². The summed E-state index contributed by atoms with van der Waals surface area (Å²) in [7, 11) is -3.38. The Kier molecular flexibility index (Phi) is 6.68. The van der Waals surface area contributed by atoms with E-state index in [2.05, 4.69) is 17.1 Å². The minimum absolute atomic E-state index is 0.0505. The van der Waals surface area contributed by atoms with Crippen molar-refractivity contribution in [2.45, 2.75) is 30.0 Å². The van der Waals surface area contributed by atoms with Crippen LogP contribution in [0.2, 0.25) is 0 Å². The predicted molar refractivity (Wildman–Crippen MR) is 103 cm³/mol. The van der Waals surface area contributed by atoms with E-state index in [1.54, 1.807) is 17.5 Å². The normalized spacial score (nSPS) is 21.7. The van der Waals surface area contributed by atoms with E-state index in [4.69, 9.17) is 0 Å². The highest BCUT2D eigenvalue weighted by Gasteiger charge is 2.30. The van der Waals surface area contributed by atoms with E-state index in [0.29, 0.717) is 36.9 Å². The van der Waals surface area contributed by atoms with Crippen molar-refractivity contribution in [3.05, 3.63) is 17.5 Å². The molecule has 0 saturated carbocycles. The number of nitrogens with zero attached hydrogens (tertiary/aromatic N) is 3. The number of nitrogens with one attached hydrogen (secondary N) is 1. The van der Waals surface area contributed by atoms with Crippen LogP contribution >= 0.6 is 11.3 Å². The summed E-state index contributed by atoms with van der Waals surface area (Å²) in [4.78, 5) is 16.7. The van der Waals surface area contributed by atoms with Crippen molar-refractivity contribution in [2.75, 3.05) is 52.4 Å². The lowest BCUT2D eigenvalue weighted by atomic mass is 10.1. The SMILES string of the molecule is CCN1CCC(NC(=O)CN2CCN(S(=O)(=O)c3cccs3)CC2)CC1. The third-order valence-corrected chi connectivity index (χ3v) is 8.46. The molecule has 0 atom stereocenters. The molecule has 146 valence electrons. The number of carbonyl (C=O) groups is 1. The molecule has 2 aliphatic heterocycles. The first-order chi connectivity index (χ1) is 12.5. The first-order valence-electron chi connectivity index (χ1n) is 9.26. The number of thiophene rings is 1. The Bertz CT molecular complexity index is 677. The first-order valence-corrected chi connectivity index (χ1v) is 11.6. The summed E-state index contributed by atoms with van der Waals surface area (Å²) < 4.78 is 27.0. The first kappa shape index (κ1) is 19.8. The number of amides is 1. The summed E-state index contributed by atoms with van der Waals surface area (Å²) in [6, 6.07) is 3.66. The number of piperazine rings is 1. The third kappa shape index (κ3) is 4.83. The molecule has 2 saturated heterocycles. The smallest absolute Gasteiger partial charge is 0.252 e. The molecule has 0 aromatic carbocycles. The van der Waals surface area contributed by atoms with Gasteiger partial charge in [-0.25, -0.2) is 8.42 Å². The van der Waals surface area contributed by atoms with Crippen LogP contribution in [0.25, 0.3) is 0 Å². The van der Waals surface area contributed by atoms with Gasteiger partial charge in [0.1, 0.15) is 4.21 Å². The van der Waals surface area contributed by atoms with Crippen molar-refractivity contribution >= 4 is 27.3 Å². The molecule has 0 spiro atoms. The lowest BCUT2D eigenvalue weighted by molar-refractivity contribution is -0.123. The van der Waals surface area contributed by atoms with Crippen molar-refractivity contribution in [2.24, 2.45) is 0 Å². The van der Waals surface area contributed by atoms with Crippen LogP contribution in [0.5, 0.6) is 0 Å². The Morgan fingerprint density at radius 1 is 1.15 bits per heavy atom. The minimum atomic E-state index is -3.38. The van der Waals surface area contributed by atoms with Crippen molar-refractivity contribution in [3.8, 4) is 0 Å². The highest BCUT2D eigenvalue weighted by atomic mass is 32.2. The standard InChI is InChI=1S/C17H28N4O3S2/c1-2-19-7-5-15(6-8-19)18-16(22)14-20-9-11-21(12-10-20)26(23,24)17-4-3-13-25-17/h3-4,13,15H,2,5-12,14H2,1H3,(H,18,22). The van der Waals surface area contributed by atoms with Gasteiger partial charge in [0.05, 0.1) is 6.54 Å². The second-order valence-electron chi connectivity index (χ2n) is 6.89. The quantitative estimate of drug-likeness (QED) is 0.759. The molecule has 0 aliphatic carbocycles. The summed E-state index contributed by atoms with van der Waals surface area (Å²) >= 11 is 1.25. The monoisotopic (exact) mass is 400 g/mol. The minimum Gasteiger partial charge on any atom is -0.352 e. The summed E-state index contributed by atoms with van der Waals surface area (Å²) in [6.45, 7) is 7.71. The Morgan fingerprint density at radius 3 is 2.42 bits per heavy atom. The maximum atomic E-state index is 12.5. The lowest BCUT2D eigenvalue weighted by Gasteiger charge is -2.34. The number of piperidine rings is 1. The predicted octanol–water partition coefficient (Wildman–Crippen LogP) is 0.655. The largest absolute Gasteiger partial charge is 0.352 e. The number of likely N-dealkylation sites (tertiary alicyclic amines) is 1. The number of hydrogen-bond acceptors (Lipinski definition) is 6. The van der Waals surface area contributed by atoms with Crippen LogP contribution < -0.4 is 5.32 Å². The van der Waals surface area contributed by atoms with Crippen LogP contribution in [0.15, 0.2) is 21.7 Å². The number of carbonyl (C=O) groups excluding carboxylic acids is 1. The molecule has 3 heterocycles. The molecule has 2 aliphatic rings. The second kappa shape index (κ2) is 8.79. The molecular weight excluding hydrogens is 372 g/mol. The summed E-state index contributed by atoms with van der Waals surface area (Å²) in [5, 5.41) is 4.91. The highest BCUT2D eigenvalue weighted by molar-refractivity contribution is 7.91. The zero-order valence-electron chi connectivity index (χ0n) is 15.3. The zero-order chi connectivity index (χ0) is 18.6. The zero-order valence-corrected chi connectivity index (χ0v) is 16.9. The van der Waals surface area contributed by atoms with Gasteiger partial charge in [-0.3, -0.25) is 9.69 Å². The number of hydrogen-bond donors (Lipinski definition) is 1. The molecule has 1 aromatic heterocycles. The van der Waals surface area contributed by atoms with Gasteiger partial charge >= 0.3 is 0 Å². The molecule has 2 fully saturated rings. The molecule has 0 bridgehead atoms. The van der Waals surface area contributed by atoms with Gasteiger partial charge in [0.2, 0.25) is 5.91 Å². The Morgan fingerprint density at radius 2 is 1.85 bits per heavy atom. The Balaban J connectivity index is 1.42. The molecule has 0 unspecified atom stereocenters. The van der Waals surface area contributed by atoms with Gasteiger partial charge in [-0.1, -0.05) is 13.0 Å². The van der Waals surface area contributed by atoms with Gasteiger partial charge in [-0.15, -0.1) is 11.3 Å². The van der Waals surface area contributed by atoms with Crippen LogP contribution in [0.3, 0.4) is 0 Å². The molecule has 9 heteroatoms. The van der Waals surface area contributed by atoms with Crippen molar-refractivity contribution < 1.29 is 13.2 Å². The fourth-order valence-corrected chi connectivity index (χ4v) is 6.10. The fourth-order valence-electron chi connectivity index (χ4n) is 3.54. The van der Waals surface area contributed by atoms with Gasteiger partial charge in [-0.2, -0.15) is 4.31 Å². The topological polar surface area (TPSA) is 73.0 Å². The molecule has 3 rings (SSSR count). The summed E-state index contributed by atoms with van der Waals surface area (Å²) in [6.07, 6.45) is 2.01. The Hall–Kier alpha value is -1.00. The third-order valence-electron chi connectivity index (χ3n) is 5.19. The van der Waals surface area contributed by atoms with Crippen LogP contribution in [0, 0.1) is 0 Å². The lowest BCUT2D eigenvalue weighted by Crippen LogP contribution is -2.52. The summed E-state index contributed by atoms with van der Waals surface area (Å²) in [5.41, 5.74) is 0. The molecule has 7 nitrogen and oxygen atoms in total. The van der Waals surface area contributed by atoms with E-state index < -0.39 is 10.0 Å². The molecular formula is C17H28N4O3S2. The van der Waals surface area contributed by atoms with Crippen molar-refractivity contribution in [1.82, 2.24) is 19.4 Å². The van der Waals surface area contributed by atoms with Gasteiger partial charge in [0.15, 0.2) is 0 Å². The number of rotatable bonds is 6. The van der Waals surface area contributed by atoms with Crippen molar-refractivity contribution in [1.29, 1.82) is 0 Å². The maximum absolute atomic E-state index is 12.5. The fraction of sp³-hybridized carbons (Fsp3) is 0.706. The van der Waals surface area contributed by atoms with E-state index in [-0.39, 0.29) is 11.9 Å². The van der Waals surface area contributed by atoms with Gasteiger partial charge in [0, 0.05) is 45.3 Å². The Labute approximate surface area is 160 Å². The molecule has 26 heavy (non-hydrogen) atoms. The highest BCUT2D eigenvalue weighted by Crippen LogP contribution is 2.22. The van der Waals surface area contributed by atoms with E-state index in [9.17, 15) is 13.2 Å².